The number of methoxy groups -OCH3 is 1. The van der Waals surface area contributed by atoms with Gasteiger partial charge in [-0.25, -0.2) is 4.39 Å². The Morgan fingerprint density at radius 3 is 2.75 bits per heavy atom. The summed E-state index contributed by atoms with van der Waals surface area (Å²) in [7, 11) is 1.73. The zero-order valence-electron chi connectivity index (χ0n) is 12.7. The number of rotatable bonds is 3. The van der Waals surface area contributed by atoms with E-state index >= 15 is 0 Å². The predicted octanol–water partition coefficient (Wildman–Crippen LogP) is 3.19. The lowest BCUT2D eigenvalue weighted by molar-refractivity contribution is -0.00476. The molecule has 1 unspecified atom stereocenters. The maximum atomic E-state index is 13.8. The van der Waals surface area contributed by atoms with Crippen molar-refractivity contribution in [3.8, 4) is 0 Å². The van der Waals surface area contributed by atoms with Gasteiger partial charge in [0.15, 0.2) is 0 Å². The van der Waals surface area contributed by atoms with Gasteiger partial charge in [0, 0.05) is 31.5 Å². The third-order valence-electron chi connectivity index (χ3n) is 4.25. The smallest absolute Gasteiger partial charge is 0.126 e. The molecule has 1 aromatic carbocycles. The second kappa shape index (κ2) is 5.70. The first-order valence-corrected chi connectivity index (χ1v) is 7.14. The Bertz CT molecular complexity index is 490. The lowest BCUT2D eigenvalue weighted by Crippen LogP contribution is -2.47. The van der Waals surface area contributed by atoms with Crippen molar-refractivity contribution in [2.75, 3.05) is 25.1 Å². The second-order valence-corrected chi connectivity index (χ2v) is 6.02. The molecular formula is C16H24FNO2. The molecule has 1 saturated heterocycles. The van der Waals surface area contributed by atoms with E-state index in [0.717, 1.165) is 31.6 Å². The number of ether oxygens (including phenoxy) is 1. The quantitative estimate of drug-likeness (QED) is 0.923. The van der Waals surface area contributed by atoms with E-state index in [-0.39, 0.29) is 11.4 Å². The average molecular weight is 281 g/mol. The number of hydrogen-bond donors (Lipinski definition) is 1. The summed E-state index contributed by atoms with van der Waals surface area (Å²) in [5.74, 6) is -0.267. The first-order chi connectivity index (χ1) is 9.36. The van der Waals surface area contributed by atoms with Gasteiger partial charge >= 0.3 is 0 Å². The Labute approximate surface area is 120 Å². The van der Waals surface area contributed by atoms with Gasteiger partial charge in [0.2, 0.25) is 0 Å². The number of aliphatic hydroxyl groups excluding tert-OH is 1. The van der Waals surface area contributed by atoms with Crippen molar-refractivity contribution in [1.29, 1.82) is 0 Å². The van der Waals surface area contributed by atoms with Crippen LogP contribution in [-0.4, -0.2) is 30.9 Å². The minimum Gasteiger partial charge on any atom is -0.389 e. The van der Waals surface area contributed by atoms with Crippen LogP contribution in [0.4, 0.5) is 10.1 Å². The largest absolute Gasteiger partial charge is 0.389 e. The van der Waals surface area contributed by atoms with E-state index in [1.165, 1.54) is 6.07 Å². The Kier molecular flexibility index (Phi) is 4.35. The first-order valence-electron chi connectivity index (χ1n) is 7.14. The Morgan fingerprint density at radius 1 is 1.45 bits per heavy atom. The SMILES string of the molecule is COC1(C)CCCN(c2cc(C)c(F)cc2[C@H](C)O)C1. The molecule has 0 saturated carbocycles. The maximum Gasteiger partial charge on any atom is 0.126 e. The number of piperidine rings is 1. The molecule has 20 heavy (non-hydrogen) atoms. The minimum atomic E-state index is -0.684. The molecule has 1 fully saturated rings. The van der Waals surface area contributed by atoms with E-state index in [1.54, 1.807) is 21.0 Å². The van der Waals surface area contributed by atoms with Gasteiger partial charge < -0.3 is 14.7 Å². The van der Waals surface area contributed by atoms with Gasteiger partial charge in [-0.1, -0.05) is 0 Å². The van der Waals surface area contributed by atoms with E-state index in [0.29, 0.717) is 11.1 Å². The molecule has 1 N–H and O–H groups in total. The van der Waals surface area contributed by atoms with Crippen LogP contribution in [0.2, 0.25) is 0 Å². The van der Waals surface area contributed by atoms with Gasteiger partial charge in [0.25, 0.3) is 0 Å². The highest BCUT2D eigenvalue weighted by Crippen LogP contribution is 2.34. The lowest BCUT2D eigenvalue weighted by Gasteiger charge is -2.41. The van der Waals surface area contributed by atoms with E-state index in [9.17, 15) is 9.50 Å². The molecule has 1 aliphatic heterocycles. The van der Waals surface area contributed by atoms with Crippen LogP contribution in [-0.2, 0) is 4.74 Å². The van der Waals surface area contributed by atoms with Crippen LogP contribution < -0.4 is 4.90 Å². The number of aryl methyl sites for hydroxylation is 1. The molecule has 0 spiro atoms. The summed E-state index contributed by atoms with van der Waals surface area (Å²) in [5.41, 5.74) is 1.99. The molecular weight excluding hydrogens is 257 g/mol. The lowest BCUT2D eigenvalue weighted by atomic mass is 9.93. The third kappa shape index (κ3) is 2.96. The Morgan fingerprint density at radius 2 is 2.15 bits per heavy atom. The normalized spacial score (nSPS) is 24.8. The summed E-state index contributed by atoms with van der Waals surface area (Å²) < 4.78 is 19.4. The number of halogens is 1. The summed E-state index contributed by atoms with van der Waals surface area (Å²) >= 11 is 0. The van der Waals surface area contributed by atoms with Crippen LogP contribution in [0, 0.1) is 12.7 Å². The van der Waals surface area contributed by atoms with Crippen molar-refractivity contribution >= 4 is 5.69 Å². The number of aliphatic hydroxyl groups is 1. The van der Waals surface area contributed by atoms with E-state index in [4.69, 9.17) is 4.74 Å². The van der Waals surface area contributed by atoms with Crippen LogP contribution in [0.15, 0.2) is 12.1 Å². The molecule has 2 atom stereocenters. The predicted molar refractivity (Wildman–Crippen MR) is 78.6 cm³/mol. The standard InChI is InChI=1S/C16H24FNO2/c1-11-8-15(13(12(2)19)9-14(11)17)18-7-5-6-16(3,10-18)20-4/h8-9,12,19H,5-7,10H2,1-4H3/t12-,16?/m0/s1. The molecule has 1 heterocycles. The van der Waals surface area contributed by atoms with Crippen LogP contribution in [0.1, 0.15) is 43.9 Å². The van der Waals surface area contributed by atoms with Crippen molar-refractivity contribution in [1.82, 2.24) is 0 Å². The van der Waals surface area contributed by atoms with Crippen LogP contribution >= 0.6 is 0 Å². The van der Waals surface area contributed by atoms with Gasteiger partial charge in [-0.05, 0) is 51.3 Å². The van der Waals surface area contributed by atoms with E-state index in [2.05, 4.69) is 11.8 Å². The van der Waals surface area contributed by atoms with Gasteiger partial charge in [0.1, 0.15) is 5.82 Å². The summed E-state index contributed by atoms with van der Waals surface area (Å²) in [6, 6.07) is 3.28. The highest BCUT2D eigenvalue weighted by atomic mass is 19.1. The fourth-order valence-electron chi connectivity index (χ4n) is 2.87. The molecule has 4 heteroatoms. The molecule has 0 radical (unpaired) electrons. The number of anilines is 1. The number of hydrogen-bond acceptors (Lipinski definition) is 3. The van der Waals surface area contributed by atoms with Gasteiger partial charge in [-0.3, -0.25) is 0 Å². The van der Waals surface area contributed by atoms with Crippen molar-refractivity contribution in [2.24, 2.45) is 0 Å². The molecule has 3 nitrogen and oxygen atoms in total. The van der Waals surface area contributed by atoms with E-state index < -0.39 is 6.10 Å². The van der Waals surface area contributed by atoms with Gasteiger partial charge in [-0.2, -0.15) is 0 Å². The second-order valence-electron chi connectivity index (χ2n) is 6.02. The molecule has 1 aromatic rings. The van der Waals surface area contributed by atoms with Crippen LogP contribution in [0.5, 0.6) is 0 Å². The van der Waals surface area contributed by atoms with Crippen molar-refractivity contribution in [3.05, 3.63) is 29.1 Å². The zero-order valence-corrected chi connectivity index (χ0v) is 12.7. The first kappa shape index (κ1) is 15.3. The summed E-state index contributed by atoms with van der Waals surface area (Å²) in [6.45, 7) is 7.19. The molecule has 0 bridgehead atoms. The Balaban J connectivity index is 2.38. The van der Waals surface area contributed by atoms with Gasteiger partial charge in [0.05, 0.1) is 11.7 Å². The molecule has 0 aliphatic carbocycles. The van der Waals surface area contributed by atoms with Crippen molar-refractivity contribution in [3.63, 3.8) is 0 Å². The summed E-state index contributed by atoms with van der Waals surface area (Å²) in [6.07, 6.45) is 1.36. The van der Waals surface area contributed by atoms with Crippen LogP contribution in [0.3, 0.4) is 0 Å². The molecule has 0 aromatic heterocycles. The Hall–Kier alpha value is -1.13. The third-order valence-corrected chi connectivity index (χ3v) is 4.25. The zero-order chi connectivity index (χ0) is 14.9. The summed E-state index contributed by atoms with van der Waals surface area (Å²) in [4.78, 5) is 2.20. The van der Waals surface area contributed by atoms with Crippen molar-refractivity contribution in [2.45, 2.75) is 45.3 Å². The van der Waals surface area contributed by atoms with Crippen LogP contribution in [0.25, 0.3) is 0 Å². The fourth-order valence-corrected chi connectivity index (χ4v) is 2.87. The molecule has 112 valence electrons. The number of benzene rings is 1. The number of nitrogens with zero attached hydrogens (tertiary/aromatic N) is 1. The molecule has 2 rings (SSSR count). The fraction of sp³-hybridized carbons (Fsp3) is 0.625. The summed E-state index contributed by atoms with van der Waals surface area (Å²) in [5, 5.41) is 9.91. The minimum absolute atomic E-state index is 0.184. The van der Waals surface area contributed by atoms with Gasteiger partial charge in [-0.15, -0.1) is 0 Å². The van der Waals surface area contributed by atoms with Crippen molar-refractivity contribution < 1.29 is 14.2 Å². The highest BCUT2D eigenvalue weighted by Gasteiger charge is 2.32. The molecule has 1 aliphatic rings. The molecule has 0 amide bonds. The average Bonchev–Trinajstić information content (AvgIpc) is 2.41. The van der Waals surface area contributed by atoms with E-state index in [1.807, 2.05) is 6.07 Å². The monoisotopic (exact) mass is 281 g/mol. The topological polar surface area (TPSA) is 32.7 Å². The highest BCUT2D eigenvalue weighted by molar-refractivity contribution is 5.57. The maximum absolute atomic E-state index is 13.8.